The molecule has 1 aromatic heterocycles. The van der Waals surface area contributed by atoms with E-state index in [-0.39, 0.29) is 16.6 Å². The van der Waals surface area contributed by atoms with Gasteiger partial charge in [-0.3, -0.25) is 4.79 Å². The van der Waals surface area contributed by atoms with Crippen molar-refractivity contribution in [2.75, 3.05) is 0 Å². The van der Waals surface area contributed by atoms with E-state index in [0.717, 1.165) is 0 Å². The first-order chi connectivity index (χ1) is 6.68. The van der Waals surface area contributed by atoms with Crippen molar-refractivity contribution < 1.29 is 14.3 Å². The number of carboxylic acid groups (broad SMARTS) is 1. The first-order valence-corrected chi connectivity index (χ1v) is 3.93. The lowest BCUT2D eigenvalue weighted by Crippen LogP contribution is -2.00. The number of hydrogen-bond acceptors (Lipinski definition) is 3. The molecule has 0 atom stereocenters. The van der Waals surface area contributed by atoms with Crippen LogP contribution < -0.4 is 5.43 Å². The second-order valence-electron chi connectivity index (χ2n) is 2.80. The lowest BCUT2D eigenvalue weighted by atomic mass is 10.1. The van der Waals surface area contributed by atoms with Crippen molar-refractivity contribution >= 4 is 16.9 Å². The van der Waals surface area contributed by atoms with Gasteiger partial charge in [-0.15, -0.1) is 0 Å². The van der Waals surface area contributed by atoms with Crippen LogP contribution in [0.25, 0.3) is 11.0 Å². The van der Waals surface area contributed by atoms with Crippen molar-refractivity contribution in [1.82, 2.24) is 0 Å². The lowest BCUT2D eigenvalue weighted by Gasteiger charge is -1.96. The van der Waals surface area contributed by atoms with Crippen LogP contribution in [0.1, 0.15) is 10.4 Å². The highest BCUT2D eigenvalue weighted by atomic mass is 16.4. The third-order valence-corrected chi connectivity index (χ3v) is 1.91. The highest BCUT2D eigenvalue weighted by Gasteiger charge is 2.05. The summed E-state index contributed by atoms with van der Waals surface area (Å²) >= 11 is 0. The molecule has 0 unspecified atom stereocenters. The van der Waals surface area contributed by atoms with Crippen molar-refractivity contribution in [2.24, 2.45) is 0 Å². The SMILES string of the molecule is O=C(O)c1ccc2c(=O)ccoc2c1. The Hall–Kier alpha value is -2.10. The van der Waals surface area contributed by atoms with E-state index in [1.165, 1.54) is 30.5 Å². The zero-order valence-corrected chi connectivity index (χ0v) is 7.06. The van der Waals surface area contributed by atoms with Crippen LogP contribution in [0, 0.1) is 0 Å². The molecular formula is C10H6O4. The summed E-state index contributed by atoms with van der Waals surface area (Å²) in [5.41, 5.74) is 0.215. The zero-order valence-electron chi connectivity index (χ0n) is 7.06. The molecule has 0 saturated carbocycles. The molecule has 1 aromatic carbocycles. The molecule has 70 valence electrons. The van der Waals surface area contributed by atoms with Gasteiger partial charge in [0.15, 0.2) is 5.43 Å². The van der Waals surface area contributed by atoms with Gasteiger partial charge in [0.05, 0.1) is 17.2 Å². The van der Waals surface area contributed by atoms with Crippen molar-refractivity contribution in [1.29, 1.82) is 0 Å². The van der Waals surface area contributed by atoms with E-state index in [9.17, 15) is 9.59 Å². The highest BCUT2D eigenvalue weighted by Crippen LogP contribution is 2.12. The van der Waals surface area contributed by atoms with Crippen LogP contribution >= 0.6 is 0 Å². The van der Waals surface area contributed by atoms with Gasteiger partial charge in [-0.2, -0.15) is 0 Å². The minimum Gasteiger partial charge on any atom is -0.478 e. The van der Waals surface area contributed by atoms with E-state index < -0.39 is 5.97 Å². The molecule has 0 aliphatic carbocycles. The highest BCUT2D eigenvalue weighted by molar-refractivity contribution is 5.92. The monoisotopic (exact) mass is 190 g/mol. The molecule has 0 aliphatic heterocycles. The Morgan fingerprint density at radius 3 is 2.79 bits per heavy atom. The van der Waals surface area contributed by atoms with E-state index in [4.69, 9.17) is 9.52 Å². The topological polar surface area (TPSA) is 67.5 Å². The van der Waals surface area contributed by atoms with Crippen molar-refractivity contribution in [3.63, 3.8) is 0 Å². The second kappa shape index (κ2) is 2.99. The largest absolute Gasteiger partial charge is 0.478 e. The molecule has 2 aromatic rings. The molecule has 0 amide bonds. The fraction of sp³-hybridized carbons (Fsp3) is 0. The molecule has 1 heterocycles. The number of rotatable bonds is 1. The van der Waals surface area contributed by atoms with E-state index in [0.29, 0.717) is 5.39 Å². The normalized spacial score (nSPS) is 10.3. The molecule has 4 nitrogen and oxygen atoms in total. The summed E-state index contributed by atoms with van der Waals surface area (Å²) in [4.78, 5) is 21.9. The van der Waals surface area contributed by atoms with Crippen molar-refractivity contribution in [3.8, 4) is 0 Å². The fourth-order valence-corrected chi connectivity index (χ4v) is 1.22. The summed E-state index contributed by atoms with van der Waals surface area (Å²) in [7, 11) is 0. The zero-order chi connectivity index (χ0) is 10.1. The van der Waals surface area contributed by atoms with Crippen molar-refractivity contribution in [3.05, 3.63) is 46.3 Å². The van der Waals surface area contributed by atoms with Crippen LogP contribution in [0.15, 0.2) is 39.7 Å². The van der Waals surface area contributed by atoms with E-state index in [1.54, 1.807) is 0 Å². The van der Waals surface area contributed by atoms with Crippen molar-refractivity contribution in [2.45, 2.75) is 0 Å². The average molecular weight is 190 g/mol. The smallest absolute Gasteiger partial charge is 0.335 e. The molecule has 0 spiro atoms. The summed E-state index contributed by atoms with van der Waals surface area (Å²) < 4.78 is 5.02. The molecule has 0 bridgehead atoms. The predicted octanol–water partition coefficient (Wildman–Crippen LogP) is 1.49. The third kappa shape index (κ3) is 1.26. The minimum absolute atomic E-state index is 0.104. The average Bonchev–Trinajstić information content (AvgIpc) is 2.17. The second-order valence-corrected chi connectivity index (χ2v) is 2.80. The molecule has 0 aliphatic rings. The van der Waals surface area contributed by atoms with Crippen LogP contribution in [0.3, 0.4) is 0 Å². The fourth-order valence-electron chi connectivity index (χ4n) is 1.22. The molecule has 0 radical (unpaired) electrons. The molecule has 2 rings (SSSR count). The minimum atomic E-state index is -1.04. The van der Waals surface area contributed by atoms with Gasteiger partial charge in [0.1, 0.15) is 5.58 Å². The first-order valence-electron chi connectivity index (χ1n) is 3.93. The maximum atomic E-state index is 11.3. The van der Waals surface area contributed by atoms with Gasteiger partial charge in [0.2, 0.25) is 0 Å². The van der Waals surface area contributed by atoms with Gasteiger partial charge in [-0.1, -0.05) is 0 Å². The Morgan fingerprint density at radius 2 is 2.07 bits per heavy atom. The molecular weight excluding hydrogens is 184 g/mol. The van der Waals surface area contributed by atoms with Gasteiger partial charge in [0, 0.05) is 6.07 Å². The molecule has 0 saturated heterocycles. The molecule has 14 heavy (non-hydrogen) atoms. The number of aromatic carboxylic acids is 1. The van der Waals surface area contributed by atoms with Gasteiger partial charge in [-0.05, 0) is 18.2 Å². The standard InChI is InChI=1S/C10H6O4/c11-8-3-4-14-9-5-6(10(12)13)1-2-7(8)9/h1-5H,(H,12,13). The Bertz CT molecular complexity index is 553. The molecule has 0 fully saturated rings. The van der Waals surface area contributed by atoms with Gasteiger partial charge >= 0.3 is 5.97 Å². The quantitative estimate of drug-likeness (QED) is 0.739. The lowest BCUT2D eigenvalue weighted by molar-refractivity contribution is 0.0697. The van der Waals surface area contributed by atoms with Crippen LogP contribution in [0.2, 0.25) is 0 Å². The van der Waals surface area contributed by atoms with Gasteiger partial charge in [-0.25, -0.2) is 4.79 Å². The van der Waals surface area contributed by atoms with E-state index in [2.05, 4.69) is 0 Å². The Kier molecular flexibility index (Phi) is 1.81. The van der Waals surface area contributed by atoms with Crippen LogP contribution in [-0.2, 0) is 0 Å². The summed E-state index contributed by atoms with van der Waals surface area (Å²) in [6.07, 6.45) is 1.25. The maximum absolute atomic E-state index is 11.3. The number of carbonyl (C=O) groups is 1. The number of carboxylic acids is 1. The van der Waals surface area contributed by atoms with Crippen LogP contribution in [0.4, 0.5) is 0 Å². The Labute approximate surface area is 78.4 Å². The number of hydrogen-bond donors (Lipinski definition) is 1. The van der Waals surface area contributed by atoms with Gasteiger partial charge in [0.25, 0.3) is 0 Å². The van der Waals surface area contributed by atoms with E-state index in [1.807, 2.05) is 0 Å². The van der Waals surface area contributed by atoms with Gasteiger partial charge < -0.3 is 9.52 Å². The van der Waals surface area contributed by atoms with Crippen LogP contribution in [-0.4, -0.2) is 11.1 Å². The molecule has 4 heteroatoms. The third-order valence-electron chi connectivity index (χ3n) is 1.91. The summed E-state index contributed by atoms with van der Waals surface area (Å²) in [5.74, 6) is -1.04. The summed E-state index contributed by atoms with van der Waals surface area (Å²) in [5, 5.41) is 9.08. The van der Waals surface area contributed by atoms with E-state index >= 15 is 0 Å². The molecule has 1 N–H and O–H groups in total. The maximum Gasteiger partial charge on any atom is 0.335 e. The van der Waals surface area contributed by atoms with Crippen LogP contribution in [0.5, 0.6) is 0 Å². The number of fused-ring (bicyclic) bond motifs is 1. The Balaban J connectivity index is 2.80. The number of benzene rings is 1. The Morgan fingerprint density at radius 1 is 1.29 bits per heavy atom. The summed E-state index contributed by atoms with van der Waals surface area (Å²) in [6.45, 7) is 0. The first kappa shape index (κ1) is 8.50. The predicted molar refractivity (Wildman–Crippen MR) is 49.4 cm³/mol. The summed E-state index contributed by atoms with van der Waals surface area (Å²) in [6, 6.07) is 5.45.